The van der Waals surface area contributed by atoms with E-state index in [-0.39, 0.29) is 0 Å². The van der Waals surface area contributed by atoms with Gasteiger partial charge in [-0.1, -0.05) is 133 Å². The van der Waals surface area contributed by atoms with E-state index in [4.69, 9.17) is 9.97 Å². The summed E-state index contributed by atoms with van der Waals surface area (Å²) in [6.07, 6.45) is 0. The molecule has 4 nitrogen and oxygen atoms in total. The first-order chi connectivity index (χ1) is 25.8. The number of para-hydroxylation sites is 3. The SMILES string of the molecule is c1ccc(-c2ccc(-c3nc(-n4c5ccccc5c5cc6c7ccccc7n7c8ccc9ccccc9c8c(c54)c67)c4ccccc4n3)cc2)cc1. The van der Waals surface area contributed by atoms with Crippen LogP contribution in [0.5, 0.6) is 0 Å². The molecule has 0 aliphatic heterocycles. The lowest BCUT2D eigenvalue weighted by Crippen LogP contribution is -2.03. The first-order valence-electron chi connectivity index (χ1n) is 17.8. The van der Waals surface area contributed by atoms with Crippen molar-refractivity contribution < 1.29 is 0 Å². The zero-order chi connectivity index (χ0) is 33.9. The van der Waals surface area contributed by atoms with Crippen LogP contribution in [0.3, 0.4) is 0 Å². The summed E-state index contributed by atoms with van der Waals surface area (Å²) in [5, 5.41) is 11.0. The zero-order valence-corrected chi connectivity index (χ0v) is 28.0. The van der Waals surface area contributed by atoms with Crippen molar-refractivity contribution in [2.24, 2.45) is 0 Å². The summed E-state index contributed by atoms with van der Waals surface area (Å²) in [5.41, 5.74) is 10.2. The molecule has 0 amide bonds. The van der Waals surface area contributed by atoms with Gasteiger partial charge in [-0.2, -0.15) is 0 Å². The van der Waals surface area contributed by atoms with E-state index in [1.807, 2.05) is 0 Å². The van der Waals surface area contributed by atoms with Crippen LogP contribution in [-0.4, -0.2) is 18.9 Å². The van der Waals surface area contributed by atoms with Gasteiger partial charge in [0.05, 0.1) is 33.1 Å². The van der Waals surface area contributed by atoms with Gasteiger partial charge in [0.15, 0.2) is 5.82 Å². The van der Waals surface area contributed by atoms with Gasteiger partial charge in [0.25, 0.3) is 0 Å². The molecule has 0 fully saturated rings. The standard InChI is InChI=1S/C48H28N4/c1-2-12-29(13-3-1)30-22-24-32(25-23-30)47-49-39-19-9-6-18-36(39)48(50-47)52-41-21-11-8-17-35(41)38-28-37-34-16-7-10-20-40(34)51-42-27-26-31-14-4-5-15-33(31)43(42)44(45(37)51)46(38)52/h1-28H. The van der Waals surface area contributed by atoms with Gasteiger partial charge in [-0.3, -0.25) is 4.57 Å². The van der Waals surface area contributed by atoms with E-state index in [1.165, 1.54) is 76.3 Å². The average molecular weight is 661 g/mol. The Hall–Kier alpha value is -7.04. The minimum atomic E-state index is 0.705. The first kappa shape index (κ1) is 27.7. The van der Waals surface area contributed by atoms with Crippen LogP contribution in [0.2, 0.25) is 0 Å². The van der Waals surface area contributed by atoms with E-state index >= 15 is 0 Å². The van der Waals surface area contributed by atoms with Crippen molar-refractivity contribution in [1.29, 1.82) is 0 Å². The third-order valence-corrected chi connectivity index (χ3v) is 11.0. The molecule has 8 aromatic carbocycles. The predicted octanol–water partition coefficient (Wildman–Crippen LogP) is 12.4. The second-order valence-corrected chi connectivity index (χ2v) is 13.8. The lowest BCUT2D eigenvalue weighted by atomic mass is 9.99. The minimum Gasteiger partial charge on any atom is -0.308 e. The van der Waals surface area contributed by atoms with Gasteiger partial charge in [-0.25, -0.2) is 9.97 Å². The van der Waals surface area contributed by atoms with Crippen LogP contribution in [0.1, 0.15) is 0 Å². The van der Waals surface area contributed by atoms with Crippen molar-refractivity contribution in [1.82, 2.24) is 18.9 Å². The molecule has 0 unspecified atom stereocenters. The molecule has 0 N–H and O–H groups in total. The third kappa shape index (κ3) is 3.65. The molecule has 0 spiro atoms. The van der Waals surface area contributed by atoms with Gasteiger partial charge in [-0.05, 0) is 58.3 Å². The summed E-state index contributed by atoms with van der Waals surface area (Å²) >= 11 is 0. The highest BCUT2D eigenvalue weighted by Gasteiger charge is 2.26. The number of hydrogen-bond donors (Lipinski definition) is 0. The number of nitrogens with zero attached hydrogens (tertiary/aromatic N) is 4. The van der Waals surface area contributed by atoms with Gasteiger partial charge in [0, 0.05) is 43.3 Å². The third-order valence-electron chi connectivity index (χ3n) is 11.0. The average Bonchev–Trinajstić information content (AvgIpc) is 3.86. The van der Waals surface area contributed by atoms with Crippen LogP contribution >= 0.6 is 0 Å². The predicted molar refractivity (Wildman–Crippen MR) is 217 cm³/mol. The summed E-state index contributed by atoms with van der Waals surface area (Å²) in [6, 6.07) is 61.0. The van der Waals surface area contributed by atoms with Gasteiger partial charge >= 0.3 is 0 Å². The Morgan fingerprint density at radius 2 is 0.981 bits per heavy atom. The summed E-state index contributed by atoms with van der Waals surface area (Å²) < 4.78 is 4.91. The molecule has 240 valence electrons. The Bertz CT molecular complexity index is 3390. The van der Waals surface area contributed by atoms with Crippen molar-refractivity contribution in [3.8, 4) is 28.3 Å². The Balaban J connectivity index is 1.26. The summed E-state index contributed by atoms with van der Waals surface area (Å²) in [4.78, 5) is 10.7. The number of hydrogen-bond acceptors (Lipinski definition) is 2. The maximum Gasteiger partial charge on any atom is 0.162 e. The molecular weight excluding hydrogens is 633 g/mol. The fourth-order valence-electron chi connectivity index (χ4n) is 8.79. The van der Waals surface area contributed by atoms with Crippen LogP contribution < -0.4 is 0 Å². The molecule has 52 heavy (non-hydrogen) atoms. The Morgan fingerprint density at radius 1 is 0.365 bits per heavy atom. The van der Waals surface area contributed by atoms with E-state index < -0.39 is 0 Å². The second kappa shape index (κ2) is 10.3. The van der Waals surface area contributed by atoms with Gasteiger partial charge in [0.2, 0.25) is 0 Å². The smallest absolute Gasteiger partial charge is 0.162 e. The molecule has 0 bridgehead atoms. The number of aromatic nitrogens is 4. The first-order valence-corrected chi connectivity index (χ1v) is 17.8. The zero-order valence-electron chi connectivity index (χ0n) is 28.0. The maximum absolute atomic E-state index is 5.49. The van der Waals surface area contributed by atoms with Crippen LogP contribution in [0.25, 0.3) is 110 Å². The lowest BCUT2D eigenvalue weighted by Gasteiger charge is -2.14. The van der Waals surface area contributed by atoms with E-state index in [1.54, 1.807) is 0 Å². The summed E-state index contributed by atoms with van der Waals surface area (Å²) in [5.74, 6) is 1.59. The van der Waals surface area contributed by atoms with E-state index in [0.717, 1.165) is 27.8 Å². The highest BCUT2D eigenvalue weighted by molar-refractivity contribution is 6.37. The summed E-state index contributed by atoms with van der Waals surface area (Å²) in [7, 11) is 0. The van der Waals surface area contributed by atoms with Gasteiger partial charge in [-0.15, -0.1) is 0 Å². The topological polar surface area (TPSA) is 35.1 Å². The number of rotatable bonds is 3. The van der Waals surface area contributed by atoms with Crippen LogP contribution in [0, 0.1) is 0 Å². The molecule has 4 heteroatoms. The molecule has 4 heterocycles. The molecule has 12 aromatic rings. The fourth-order valence-corrected chi connectivity index (χ4v) is 8.79. The number of benzene rings is 8. The Kier molecular flexibility index (Phi) is 5.47. The molecule has 0 aliphatic rings. The van der Waals surface area contributed by atoms with E-state index in [0.29, 0.717) is 5.82 Å². The van der Waals surface area contributed by atoms with Crippen molar-refractivity contribution in [2.75, 3.05) is 0 Å². The molecule has 4 aromatic heterocycles. The van der Waals surface area contributed by atoms with Gasteiger partial charge < -0.3 is 4.40 Å². The molecule has 0 atom stereocenters. The van der Waals surface area contributed by atoms with Crippen molar-refractivity contribution in [2.45, 2.75) is 0 Å². The second-order valence-electron chi connectivity index (χ2n) is 13.8. The highest BCUT2D eigenvalue weighted by Crippen LogP contribution is 2.48. The molecular formula is C48H28N4. The van der Waals surface area contributed by atoms with Crippen LogP contribution in [0.4, 0.5) is 0 Å². The van der Waals surface area contributed by atoms with Gasteiger partial charge in [0.1, 0.15) is 5.82 Å². The quantitative estimate of drug-likeness (QED) is 0.189. The highest BCUT2D eigenvalue weighted by atomic mass is 15.1. The lowest BCUT2D eigenvalue weighted by molar-refractivity contribution is 1.08. The van der Waals surface area contributed by atoms with E-state index in [2.05, 4.69) is 179 Å². The largest absolute Gasteiger partial charge is 0.308 e. The fraction of sp³-hybridized carbons (Fsp3) is 0. The molecule has 0 saturated heterocycles. The molecule has 12 rings (SSSR count). The monoisotopic (exact) mass is 660 g/mol. The van der Waals surface area contributed by atoms with Crippen molar-refractivity contribution in [3.05, 3.63) is 170 Å². The maximum atomic E-state index is 5.49. The van der Waals surface area contributed by atoms with Crippen molar-refractivity contribution >= 4 is 81.6 Å². The van der Waals surface area contributed by atoms with Crippen LogP contribution in [-0.2, 0) is 0 Å². The Labute approximate surface area is 297 Å². The normalized spacial score (nSPS) is 12.2. The molecule has 0 aliphatic carbocycles. The summed E-state index contributed by atoms with van der Waals surface area (Å²) in [6.45, 7) is 0. The molecule has 0 saturated carbocycles. The van der Waals surface area contributed by atoms with E-state index in [9.17, 15) is 0 Å². The minimum absolute atomic E-state index is 0.705. The van der Waals surface area contributed by atoms with Crippen LogP contribution in [0.15, 0.2) is 170 Å². The van der Waals surface area contributed by atoms with Crippen molar-refractivity contribution in [3.63, 3.8) is 0 Å². The number of fused-ring (bicyclic) bond motifs is 13. The molecule has 0 radical (unpaired) electrons. The Morgan fingerprint density at radius 3 is 1.81 bits per heavy atom.